The van der Waals surface area contributed by atoms with E-state index in [1.165, 1.54) is 0 Å². The summed E-state index contributed by atoms with van der Waals surface area (Å²) in [6, 6.07) is 0. The first-order valence-corrected chi connectivity index (χ1v) is 7.04. The molecule has 0 aliphatic heterocycles. The van der Waals surface area contributed by atoms with E-state index in [0.29, 0.717) is 0 Å². The quantitative estimate of drug-likeness (QED) is 0.282. The van der Waals surface area contributed by atoms with Crippen LogP contribution < -0.4 is 0 Å². The zero-order valence-electron chi connectivity index (χ0n) is 2.46. The van der Waals surface area contributed by atoms with Gasteiger partial charge in [-0.05, 0) is 0 Å². The maximum atomic E-state index is 3.34. The summed E-state index contributed by atoms with van der Waals surface area (Å²) in [5.74, 6) is 0. The Bertz CT molecular complexity index is 12.8. The van der Waals surface area contributed by atoms with Crippen molar-refractivity contribution in [3.63, 3.8) is 0 Å². The number of halogens is 1. The summed E-state index contributed by atoms with van der Waals surface area (Å²) >= 11 is 3.34. The smallest absolute Gasteiger partial charge is 0.139 e. The monoisotopic (exact) mass is 155 g/mol. The van der Waals surface area contributed by atoms with Crippen molar-refractivity contribution < 1.29 is 0 Å². The molecule has 0 rings (SSSR count). The van der Waals surface area contributed by atoms with Crippen LogP contribution in [0.3, 0.4) is 0 Å². The molecule has 0 fully saturated rings. The van der Waals surface area contributed by atoms with Gasteiger partial charge in [0.2, 0.25) is 0 Å². The minimum absolute atomic E-state index is 0.150. The highest BCUT2D eigenvalue weighted by atomic mass is 79.9. The minimum atomic E-state index is -0.150. The molecule has 0 saturated carbocycles. The second-order valence-electron chi connectivity index (χ2n) is 0.587. The van der Waals surface area contributed by atoms with Crippen LogP contribution in [0.2, 0.25) is 6.55 Å². The topological polar surface area (TPSA) is 0 Å². The Morgan fingerprint density at radius 3 is 2.00 bits per heavy atom. The fourth-order valence-corrected chi connectivity index (χ4v) is 0. The molecule has 1 radical (unpaired) electrons. The van der Waals surface area contributed by atoms with Crippen LogP contribution in [0.25, 0.3) is 0 Å². The molecule has 0 aromatic rings. The normalized spacial score (nSPS) is 9.00. The first-order chi connectivity index (χ1) is 1.73. The van der Waals surface area contributed by atoms with E-state index in [1.54, 1.807) is 0 Å². The molecule has 0 aromatic heterocycles. The van der Waals surface area contributed by atoms with Crippen LogP contribution in [0.4, 0.5) is 0 Å². The Labute approximate surface area is 38.2 Å². The van der Waals surface area contributed by atoms with E-state index in [1.807, 2.05) is 0 Å². The number of hydrogen-bond acceptors (Lipinski definition) is 0. The molecule has 0 N–H and O–H groups in total. The predicted octanol–water partition coefficient (Wildman–Crippen LogP) is 1.37. The summed E-state index contributed by atoms with van der Waals surface area (Å²) in [6.07, 6.45) is 0. The van der Waals surface area contributed by atoms with Gasteiger partial charge in [0, 0.05) is 0 Å². The highest BCUT2D eigenvalue weighted by Crippen LogP contribution is 1.97. The predicted molar refractivity (Wildman–Crippen MR) is 30.3 cm³/mol. The molecule has 0 nitrogen and oxygen atoms in total. The third-order valence-electron chi connectivity index (χ3n) is 0. The van der Waals surface area contributed by atoms with E-state index in [-0.39, 0.29) is 7.08 Å². The summed E-state index contributed by atoms with van der Waals surface area (Å²) in [4.78, 5) is 0. The molecule has 4 heavy (non-hydrogen) atoms. The van der Waals surface area contributed by atoms with E-state index < -0.39 is 0 Å². The van der Waals surface area contributed by atoms with Crippen molar-refractivity contribution in [3.05, 3.63) is 0 Å². The van der Waals surface area contributed by atoms with Gasteiger partial charge in [-0.25, -0.2) is 0 Å². The van der Waals surface area contributed by atoms with E-state index in [9.17, 15) is 0 Å². The van der Waals surface area contributed by atoms with Crippen LogP contribution >= 0.6 is 24.1 Å². The van der Waals surface area contributed by atoms with Gasteiger partial charge in [0.1, 0.15) is 0 Å². The molecule has 0 saturated heterocycles. The number of hydrogen-bond donors (Lipinski definition) is 0. The lowest BCUT2D eigenvalue weighted by Crippen LogP contribution is -1.69. The molecular weight excluding hydrogens is 151 g/mol. The Balaban J connectivity index is 2.32. The van der Waals surface area contributed by atoms with Crippen LogP contribution in [-0.4, -0.2) is 7.08 Å². The summed E-state index contributed by atoms with van der Waals surface area (Å²) in [5, 5.41) is 0. The zero-order chi connectivity index (χ0) is 3.58. The van der Waals surface area contributed by atoms with E-state index >= 15 is 0 Å². The molecule has 0 amide bonds. The molecular formula is CH5BrPSi. The summed E-state index contributed by atoms with van der Waals surface area (Å²) < 4.78 is 0. The zero-order valence-corrected chi connectivity index (χ0v) is 6.20. The van der Waals surface area contributed by atoms with E-state index in [2.05, 4.69) is 30.6 Å². The van der Waals surface area contributed by atoms with Gasteiger partial charge >= 0.3 is 0 Å². The van der Waals surface area contributed by atoms with Crippen molar-refractivity contribution in [2.45, 2.75) is 6.55 Å². The Hall–Kier alpha value is 1.13. The first-order valence-electron chi connectivity index (χ1n) is 0.978. The highest BCUT2D eigenvalue weighted by Gasteiger charge is 1.76. The van der Waals surface area contributed by atoms with Gasteiger partial charge in [-0.3, -0.25) is 0 Å². The van der Waals surface area contributed by atoms with Crippen molar-refractivity contribution in [2.75, 3.05) is 0 Å². The third-order valence-corrected chi connectivity index (χ3v) is 0. The van der Waals surface area contributed by atoms with Crippen LogP contribution in [0.5, 0.6) is 0 Å². The molecule has 0 bridgehead atoms. The van der Waals surface area contributed by atoms with Gasteiger partial charge in [0.25, 0.3) is 0 Å². The molecule has 0 aliphatic carbocycles. The maximum absolute atomic E-state index is 3.34. The van der Waals surface area contributed by atoms with Crippen LogP contribution in [0, 0.1) is 0 Å². The van der Waals surface area contributed by atoms with Crippen LogP contribution in [0.1, 0.15) is 0 Å². The highest BCUT2D eigenvalue weighted by molar-refractivity contribution is 9.27. The standard InChI is InChI=1S/CH5BrPSi/c1-4(2)3/h3H2,1H3. The SMILES string of the molecule is C[Si](P)Br. The fraction of sp³-hybridized carbons (Fsp3) is 1.00. The van der Waals surface area contributed by atoms with Gasteiger partial charge in [-0.2, -0.15) is 0 Å². The fourth-order valence-electron chi connectivity index (χ4n) is 0. The molecule has 0 spiro atoms. The molecule has 1 unspecified atom stereocenters. The lowest BCUT2D eigenvalue weighted by molar-refractivity contribution is 2.36. The Morgan fingerprint density at radius 2 is 2.00 bits per heavy atom. The summed E-state index contributed by atoms with van der Waals surface area (Å²) in [6.45, 7) is 2.15. The van der Waals surface area contributed by atoms with Crippen molar-refractivity contribution in [3.8, 4) is 0 Å². The number of rotatable bonds is 0. The van der Waals surface area contributed by atoms with E-state index in [4.69, 9.17) is 0 Å². The molecule has 0 aliphatic rings. The van der Waals surface area contributed by atoms with Crippen molar-refractivity contribution in [1.29, 1.82) is 0 Å². The van der Waals surface area contributed by atoms with Gasteiger partial charge in [-0.1, -0.05) is 6.55 Å². The van der Waals surface area contributed by atoms with E-state index in [0.717, 1.165) is 0 Å². The van der Waals surface area contributed by atoms with Gasteiger partial charge in [-0.15, -0.1) is 24.1 Å². The first kappa shape index (κ1) is 5.13. The van der Waals surface area contributed by atoms with Crippen molar-refractivity contribution >= 4 is 31.2 Å². The molecule has 3 heteroatoms. The van der Waals surface area contributed by atoms with Crippen molar-refractivity contribution in [1.82, 2.24) is 0 Å². The third kappa shape index (κ3) is 11.1. The second kappa shape index (κ2) is 2.37. The maximum Gasteiger partial charge on any atom is 0.155 e. The Kier molecular flexibility index (Phi) is 3.04. The minimum Gasteiger partial charge on any atom is -0.139 e. The van der Waals surface area contributed by atoms with Crippen LogP contribution in [-0.2, 0) is 0 Å². The van der Waals surface area contributed by atoms with Gasteiger partial charge in [0.15, 0.2) is 7.08 Å². The lowest BCUT2D eigenvalue weighted by Gasteiger charge is -1.71. The molecule has 0 aromatic carbocycles. The average Bonchev–Trinajstić information content (AvgIpc) is 0.811. The molecule has 0 heterocycles. The van der Waals surface area contributed by atoms with Gasteiger partial charge < -0.3 is 0 Å². The molecule has 1 atom stereocenters. The Morgan fingerprint density at radius 1 is 2.00 bits per heavy atom. The lowest BCUT2D eigenvalue weighted by atomic mass is 11.9. The second-order valence-corrected chi connectivity index (χ2v) is 10.6. The van der Waals surface area contributed by atoms with Crippen LogP contribution in [0.15, 0.2) is 0 Å². The van der Waals surface area contributed by atoms with Crippen molar-refractivity contribution in [2.24, 2.45) is 0 Å². The molecule has 25 valence electrons. The average molecular weight is 156 g/mol. The summed E-state index contributed by atoms with van der Waals surface area (Å²) in [5.41, 5.74) is 0. The largest absolute Gasteiger partial charge is 0.155 e. The summed E-state index contributed by atoms with van der Waals surface area (Å²) in [7, 11) is 2.53. The van der Waals surface area contributed by atoms with Gasteiger partial charge in [0.05, 0.1) is 0 Å².